The van der Waals surface area contributed by atoms with Crippen LogP contribution in [0.4, 0.5) is 0 Å². The summed E-state index contributed by atoms with van der Waals surface area (Å²) in [6.45, 7) is 6.67. The fourth-order valence-electron chi connectivity index (χ4n) is 2.03. The van der Waals surface area contributed by atoms with Crippen molar-refractivity contribution in [2.75, 3.05) is 20.2 Å². The molecule has 0 heterocycles. The first-order chi connectivity index (χ1) is 8.31. The molecule has 1 unspecified atom stereocenters. The molecule has 0 radical (unpaired) electrons. The van der Waals surface area contributed by atoms with Gasteiger partial charge < -0.3 is 10.1 Å². The topological polar surface area (TPSA) is 21.3 Å². The van der Waals surface area contributed by atoms with E-state index in [1.54, 1.807) is 7.11 Å². The van der Waals surface area contributed by atoms with Crippen LogP contribution in [-0.4, -0.2) is 20.2 Å². The van der Waals surface area contributed by atoms with Crippen molar-refractivity contribution in [3.63, 3.8) is 0 Å². The third-order valence-electron chi connectivity index (χ3n) is 3.14. The van der Waals surface area contributed by atoms with E-state index in [0.29, 0.717) is 5.92 Å². The summed E-state index contributed by atoms with van der Waals surface area (Å²) < 4.78 is 5.40. The minimum atomic E-state index is 0.692. The van der Waals surface area contributed by atoms with Gasteiger partial charge in [-0.15, -0.1) is 0 Å². The molecule has 17 heavy (non-hydrogen) atoms. The Kier molecular flexibility index (Phi) is 6.71. The highest BCUT2D eigenvalue weighted by atomic mass is 16.5. The fourth-order valence-corrected chi connectivity index (χ4v) is 2.03. The van der Waals surface area contributed by atoms with Crippen LogP contribution in [0.3, 0.4) is 0 Å². The minimum absolute atomic E-state index is 0.692. The lowest BCUT2D eigenvalue weighted by Gasteiger charge is -2.17. The molecule has 1 aromatic rings. The zero-order valence-electron chi connectivity index (χ0n) is 11.3. The molecule has 0 aromatic heterocycles. The maximum absolute atomic E-state index is 5.40. The van der Waals surface area contributed by atoms with E-state index in [0.717, 1.165) is 25.3 Å². The predicted molar refractivity (Wildman–Crippen MR) is 73.6 cm³/mol. The summed E-state index contributed by atoms with van der Waals surface area (Å²) in [4.78, 5) is 0. The number of ether oxygens (including phenoxy) is 1. The zero-order chi connectivity index (χ0) is 12.5. The Labute approximate surface area is 105 Å². The van der Waals surface area contributed by atoms with Crippen LogP contribution in [0, 0.1) is 5.92 Å². The average molecular weight is 235 g/mol. The number of methoxy groups -OCH3 is 1. The van der Waals surface area contributed by atoms with Crippen LogP contribution in [0.5, 0.6) is 5.75 Å². The van der Waals surface area contributed by atoms with Crippen molar-refractivity contribution in [2.24, 2.45) is 5.92 Å². The molecule has 0 aliphatic rings. The molecule has 0 fully saturated rings. The third kappa shape index (κ3) is 4.78. The second-order valence-corrected chi connectivity index (χ2v) is 4.49. The van der Waals surface area contributed by atoms with Gasteiger partial charge in [-0.2, -0.15) is 0 Å². The minimum Gasteiger partial charge on any atom is -0.496 e. The summed E-state index contributed by atoms with van der Waals surface area (Å²) >= 11 is 0. The summed E-state index contributed by atoms with van der Waals surface area (Å²) in [6, 6.07) is 8.32. The molecule has 0 aliphatic carbocycles. The Morgan fingerprint density at radius 1 is 1.24 bits per heavy atom. The van der Waals surface area contributed by atoms with Gasteiger partial charge in [-0.05, 0) is 43.5 Å². The highest BCUT2D eigenvalue weighted by Gasteiger charge is 2.10. The molecular weight excluding hydrogens is 210 g/mol. The molecule has 1 aromatic carbocycles. The van der Waals surface area contributed by atoms with Crippen molar-refractivity contribution in [1.82, 2.24) is 5.32 Å². The summed E-state index contributed by atoms with van der Waals surface area (Å²) in [7, 11) is 1.75. The second-order valence-electron chi connectivity index (χ2n) is 4.49. The quantitative estimate of drug-likeness (QED) is 0.698. The van der Waals surface area contributed by atoms with E-state index in [4.69, 9.17) is 4.74 Å². The highest BCUT2D eigenvalue weighted by molar-refractivity contribution is 5.33. The Hall–Kier alpha value is -1.02. The monoisotopic (exact) mass is 235 g/mol. The van der Waals surface area contributed by atoms with E-state index < -0.39 is 0 Å². The van der Waals surface area contributed by atoms with Crippen LogP contribution in [-0.2, 0) is 6.42 Å². The van der Waals surface area contributed by atoms with Gasteiger partial charge >= 0.3 is 0 Å². The fraction of sp³-hybridized carbons (Fsp3) is 0.600. The number of para-hydroxylation sites is 1. The molecule has 2 heteroatoms. The second kappa shape index (κ2) is 8.13. The molecule has 1 rings (SSSR count). The maximum atomic E-state index is 5.40. The molecule has 2 nitrogen and oxygen atoms in total. The summed E-state index contributed by atoms with van der Waals surface area (Å²) in [6.07, 6.45) is 3.50. The first kappa shape index (κ1) is 14.0. The Morgan fingerprint density at radius 2 is 2.00 bits per heavy atom. The molecule has 1 N–H and O–H groups in total. The van der Waals surface area contributed by atoms with Gasteiger partial charge in [-0.3, -0.25) is 0 Å². The smallest absolute Gasteiger partial charge is 0.122 e. The highest BCUT2D eigenvalue weighted by Crippen LogP contribution is 2.21. The Morgan fingerprint density at radius 3 is 2.65 bits per heavy atom. The first-order valence-corrected chi connectivity index (χ1v) is 6.64. The number of rotatable bonds is 8. The van der Waals surface area contributed by atoms with Gasteiger partial charge in [0.05, 0.1) is 7.11 Å². The lowest BCUT2D eigenvalue weighted by Crippen LogP contribution is -2.24. The van der Waals surface area contributed by atoms with E-state index in [1.165, 1.54) is 18.4 Å². The summed E-state index contributed by atoms with van der Waals surface area (Å²) in [5.41, 5.74) is 1.32. The van der Waals surface area contributed by atoms with Gasteiger partial charge in [0, 0.05) is 0 Å². The van der Waals surface area contributed by atoms with Gasteiger partial charge in [0.1, 0.15) is 5.75 Å². The molecular formula is C15H25NO. The molecule has 0 amide bonds. The molecule has 1 atom stereocenters. The molecule has 0 bridgehead atoms. The lowest BCUT2D eigenvalue weighted by molar-refractivity contribution is 0.398. The van der Waals surface area contributed by atoms with Crippen molar-refractivity contribution < 1.29 is 4.74 Å². The molecule has 0 aliphatic heterocycles. The van der Waals surface area contributed by atoms with Gasteiger partial charge in [-0.1, -0.05) is 38.5 Å². The number of nitrogens with one attached hydrogen (secondary N) is 1. The van der Waals surface area contributed by atoms with Crippen LogP contribution in [0.25, 0.3) is 0 Å². The van der Waals surface area contributed by atoms with Crippen LogP contribution in [0.2, 0.25) is 0 Å². The van der Waals surface area contributed by atoms with Gasteiger partial charge in [0.15, 0.2) is 0 Å². The molecule has 0 saturated heterocycles. The molecule has 0 saturated carbocycles. The SMILES string of the molecule is CCCNCC(CC)Cc1ccccc1OC. The van der Waals surface area contributed by atoms with Crippen LogP contribution >= 0.6 is 0 Å². The Bertz CT molecular complexity index is 312. The van der Waals surface area contributed by atoms with Crippen molar-refractivity contribution >= 4 is 0 Å². The average Bonchev–Trinajstić information content (AvgIpc) is 2.38. The largest absolute Gasteiger partial charge is 0.496 e. The third-order valence-corrected chi connectivity index (χ3v) is 3.14. The Balaban J connectivity index is 2.54. The molecule has 0 spiro atoms. The number of hydrogen-bond donors (Lipinski definition) is 1. The van der Waals surface area contributed by atoms with Gasteiger partial charge in [-0.25, -0.2) is 0 Å². The van der Waals surface area contributed by atoms with Crippen molar-refractivity contribution in [2.45, 2.75) is 33.1 Å². The summed E-state index contributed by atoms with van der Waals surface area (Å²) in [5.74, 6) is 1.71. The first-order valence-electron chi connectivity index (χ1n) is 6.64. The zero-order valence-corrected chi connectivity index (χ0v) is 11.3. The van der Waals surface area contributed by atoms with Crippen molar-refractivity contribution in [1.29, 1.82) is 0 Å². The van der Waals surface area contributed by atoms with E-state index in [1.807, 2.05) is 12.1 Å². The van der Waals surface area contributed by atoms with E-state index in [-0.39, 0.29) is 0 Å². The van der Waals surface area contributed by atoms with E-state index in [2.05, 4.69) is 31.3 Å². The number of hydrogen-bond acceptors (Lipinski definition) is 2. The van der Waals surface area contributed by atoms with Gasteiger partial charge in [0.25, 0.3) is 0 Å². The van der Waals surface area contributed by atoms with Crippen LogP contribution < -0.4 is 10.1 Å². The van der Waals surface area contributed by atoms with Crippen LogP contribution in [0.1, 0.15) is 32.3 Å². The molecule has 96 valence electrons. The van der Waals surface area contributed by atoms with Crippen LogP contribution in [0.15, 0.2) is 24.3 Å². The summed E-state index contributed by atoms with van der Waals surface area (Å²) in [5, 5.41) is 3.50. The van der Waals surface area contributed by atoms with E-state index >= 15 is 0 Å². The lowest BCUT2D eigenvalue weighted by atomic mass is 9.96. The normalized spacial score (nSPS) is 12.4. The van der Waals surface area contributed by atoms with Gasteiger partial charge in [0.2, 0.25) is 0 Å². The predicted octanol–water partition coefficient (Wildman–Crippen LogP) is 3.26. The van der Waals surface area contributed by atoms with E-state index in [9.17, 15) is 0 Å². The van der Waals surface area contributed by atoms with Crippen molar-refractivity contribution in [3.05, 3.63) is 29.8 Å². The standard InChI is InChI=1S/C15H25NO/c1-4-10-16-12-13(5-2)11-14-8-6-7-9-15(14)17-3/h6-9,13,16H,4-5,10-12H2,1-3H3. The van der Waals surface area contributed by atoms with Crippen molar-refractivity contribution in [3.8, 4) is 5.75 Å². The number of benzene rings is 1. The maximum Gasteiger partial charge on any atom is 0.122 e.